The lowest BCUT2D eigenvalue weighted by Crippen LogP contribution is -2.28. The Morgan fingerprint density at radius 3 is 0.956 bits per heavy atom. The van der Waals surface area contributed by atoms with E-state index in [2.05, 4.69) is 123 Å². The minimum Gasteiger partial charge on any atom is -0.462 e. The average Bonchev–Trinajstić information content (AvgIpc) is 3.34. The van der Waals surface area contributed by atoms with Crippen LogP contribution in [-0.4, -0.2) is 36.4 Å². The first-order valence-electron chi connectivity index (χ1n) is 28.4. The second-order valence-corrected chi connectivity index (χ2v) is 18.6. The lowest BCUT2D eigenvalue weighted by atomic mass is 10.0. The molecule has 0 spiro atoms. The van der Waals surface area contributed by atoms with Crippen molar-refractivity contribution in [2.24, 2.45) is 0 Å². The Morgan fingerprint density at radius 1 is 0.353 bits per heavy atom. The molecule has 0 rings (SSSR count). The Labute approximate surface area is 421 Å². The number of aliphatic hydroxyl groups is 1. The maximum atomic E-state index is 12.3. The predicted molar refractivity (Wildman–Crippen MR) is 297 cm³/mol. The van der Waals surface area contributed by atoms with E-state index < -0.39 is 6.10 Å². The van der Waals surface area contributed by atoms with Gasteiger partial charge >= 0.3 is 11.9 Å². The molecule has 0 amide bonds. The van der Waals surface area contributed by atoms with Crippen molar-refractivity contribution in [1.29, 1.82) is 0 Å². The number of allylic oxidation sites excluding steroid dienone is 18. The molecule has 68 heavy (non-hydrogen) atoms. The summed E-state index contributed by atoms with van der Waals surface area (Å²) in [4.78, 5) is 24.5. The molecule has 0 saturated carbocycles. The summed E-state index contributed by atoms with van der Waals surface area (Å²) < 4.78 is 10.7. The Bertz CT molecular complexity index is 1340. The van der Waals surface area contributed by atoms with E-state index in [-0.39, 0.29) is 25.2 Å². The fourth-order valence-electron chi connectivity index (χ4n) is 7.80. The van der Waals surface area contributed by atoms with Gasteiger partial charge in [-0.05, 0) is 103 Å². The van der Waals surface area contributed by atoms with Gasteiger partial charge in [0.2, 0.25) is 0 Å². The van der Waals surface area contributed by atoms with Crippen LogP contribution in [0.4, 0.5) is 0 Å². The fourth-order valence-corrected chi connectivity index (χ4v) is 7.80. The first kappa shape index (κ1) is 64.6. The molecule has 0 fully saturated rings. The summed E-state index contributed by atoms with van der Waals surface area (Å²) in [6.07, 6.45) is 83.4. The van der Waals surface area contributed by atoms with Crippen molar-refractivity contribution >= 4 is 11.9 Å². The highest BCUT2D eigenvalue weighted by Crippen LogP contribution is 2.15. The average molecular weight is 944 g/mol. The molecule has 5 nitrogen and oxygen atoms in total. The third-order valence-electron chi connectivity index (χ3n) is 12.1. The number of ether oxygens (including phenoxy) is 2. The van der Waals surface area contributed by atoms with Gasteiger partial charge in [-0.2, -0.15) is 0 Å². The zero-order chi connectivity index (χ0) is 49.2. The minimum atomic E-state index is -0.786. The van der Waals surface area contributed by atoms with Crippen LogP contribution in [0.2, 0.25) is 0 Å². The van der Waals surface area contributed by atoms with Crippen LogP contribution in [0.1, 0.15) is 258 Å². The smallest absolute Gasteiger partial charge is 0.306 e. The Kier molecular flexibility index (Phi) is 54.9. The summed E-state index contributed by atoms with van der Waals surface area (Å²) >= 11 is 0. The molecule has 0 heterocycles. The molecule has 0 aromatic rings. The van der Waals surface area contributed by atoms with E-state index in [0.717, 1.165) is 96.3 Å². The molecule has 0 aliphatic rings. The molecule has 0 saturated heterocycles. The molecule has 0 radical (unpaired) electrons. The summed E-state index contributed by atoms with van der Waals surface area (Å²) in [6, 6.07) is 0. The monoisotopic (exact) mass is 943 g/mol. The number of rotatable bonds is 51. The van der Waals surface area contributed by atoms with Crippen LogP contribution in [0.15, 0.2) is 109 Å². The van der Waals surface area contributed by atoms with Crippen molar-refractivity contribution in [3.05, 3.63) is 109 Å². The molecule has 0 aliphatic carbocycles. The highest BCUT2D eigenvalue weighted by atomic mass is 16.6. The topological polar surface area (TPSA) is 72.8 Å². The fraction of sp³-hybridized carbons (Fsp3) is 0.683. The second-order valence-electron chi connectivity index (χ2n) is 18.6. The van der Waals surface area contributed by atoms with E-state index in [1.54, 1.807) is 0 Å². The van der Waals surface area contributed by atoms with Crippen molar-refractivity contribution in [1.82, 2.24) is 0 Å². The maximum Gasteiger partial charge on any atom is 0.306 e. The van der Waals surface area contributed by atoms with Gasteiger partial charge in [0.15, 0.2) is 6.10 Å². The van der Waals surface area contributed by atoms with E-state index in [1.165, 1.54) is 135 Å². The van der Waals surface area contributed by atoms with Crippen molar-refractivity contribution in [3.8, 4) is 0 Å². The molecule has 388 valence electrons. The van der Waals surface area contributed by atoms with Crippen LogP contribution >= 0.6 is 0 Å². The number of carbonyl (C=O) groups is 2. The zero-order valence-corrected chi connectivity index (χ0v) is 44.3. The first-order valence-corrected chi connectivity index (χ1v) is 28.4. The molecule has 0 aromatic carbocycles. The second kappa shape index (κ2) is 57.9. The van der Waals surface area contributed by atoms with Gasteiger partial charge in [-0.3, -0.25) is 9.59 Å². The molecule has 0 aromatic heterocycles. The predicted octanol–water partition coefficient (Wildman–Crippen LogP) is 19.3. The molecule has 1 unspecified atom stereocenters. The normalized spacial score (nSPS) is 13.0. The number of esters is 2. The van der Waals surface area contributed by atoms with E-state index in [1.807, 2.05) is 0 Å². The van der Waals surface area contributed by atoms with Crippen LogP contribution in [-0.2, 0) is 19.1 Å². The summed E-state index contributed by atoms with van der Waals surface area (Å²) in [5.41, 5.74) is 0. The van der Waals surface area contributed by atoms with Gasteiger partial charge in [-0.25, -0.2) is 0 Å². The number of unbranched alkanes of at least 4 members (excludes halogenated alkanes) is 25. The number of aliphatic hydroxyl groups excluding tert-OH is 1. The van der Waals surface area contributed by atoms with E-state index in [9.17, 15) is 14.7 Å². The van der Waals surface area contributed by atoms with Gasteiger partial charge < -0.3 is 14.6 Å². The highest BCUT2D eigenvalue weighted by molar-refractivity contribution is 5.70. The molecular formula is C63H106O5. The van der Waals surface area contributed by atoms with Crippen molar-refractivity contribution in [3.63, 3.8) is 0 Å². The van der Waals surface area contributed by atoms with Crippen LogP contribution in [0.5, 0.6) is 0 Å². The highest BCUT2D eigenvalue weighted by Gasteiger charge is 2.16. The number of hydrogen-bond donors (Lipinski definition) is 1. The van der Waals surface area contributed by atoms with Gasteiger partial charge in [-0.15, -0.1) is 0 Å². The van der Waals surface area contributed by atoms with Crippen LogP contribution in [0.25, 0.3) is 0 Å². The zero-order valence-electron chi connectivity index (χ0n) is 44.3. The van der Waals surface area contributed by atoms with Gasteiger partial charge in [-0.1, -0.05) is 252 Å². The van der Waals surface area contributed by atoms with Gasteiger partial charge in [0.05, 0.1) is 6.61 Å². The largest absolute Gasteiger partial charge is 0.462 e. The quantitative estimate of drug-likeness (QED) is 0.0374. The SMILES string of the molecule is CC/C=C\C/C=C\C/C=C\C/C=C\C/C=C\C/C=C\CCCCCCCCCCC(=O)OC(CO)COC(=O)CCCCCCCCCCCCCC/C=C\C/C=C\C/C=C\CCCCCCC. The van der Waals surface area contributed by atoms with E-state index in [4.69, 9.17) is 9.47 Å². The Morgan fingerprint density at radius 2 is 0.632 bits per heavy atom. The molecule has 0 aliphatic heterocycles. The Hall–Kier alpha value is -3.44. The van der Waals surface area contributed by atoms with Crippen LogP contribution in [0.3, 0.4) is 0 Å². The molecule has 5 heteroatoms. The summed E-state index contributed by atoms with van der Waals surface area (Å²) in [6.45, 7) is 4.02. The first-order chi connectivity index (χ1) is 33.6. The van der Waals surface area contributed by atoms with Crippen molar-refractivity contribution in [2.45, 2.75) is 264 Å². The number of carbonyl (C=O) groups excluding carboxylic acids is 2. The summed E-state index contributed by atoms with van der Waals surface area (Å²) in [7, 11) is 0. The third kappa shape index (κ3) is 55.2. The van der Waals surface area contributed by atoms with Crippen molar-refractivity contribution in [2.75, 3.05) is 13.2 Å². The summed E-state index contributed by atoms with van der Waals surface area (Å²) in [5.74, 6) is -0.603. The number of hydrogen-bond acceptors (Lipinski definition) is 5. The molecule has 0 bridgehead atoms. The van der Waals surface area contributed by atoms with Crippen LogP contribution < -0.4 is 0 Å². The molecular weight excluding hydrogens is 837 g/mol. The molecule has 1 atom stereocenters. The van der Waals surface area contributed by atoms with Gasteiger partial charge in [0.25, 0.3) is 0 Å². The Balaban J connectivity index is 3.55. The van der Waals surface area contributed by atoms with E-state index in [0.29, 0.717) is 12.8 Å². The molecule has 1 N–H and O–H groups in total. The van der Waals surface area contributed by atoms with Gasteiger partial charge in [0, 0.05) is 12.8 Å². The van der Waals surface area contributed by atoms with Crippen LogP contribution in [0, 0.1) is 0 Å². The summed E-state index contributed by atoms with van der Waals surface area (Å²) in [5, 5.41) is 9.66. The standard InChI is InChI=1S/C63H106O5/c1-3-5-7-9-11-13-15-17-19-21-23-25-27-29-31-33-35-37-39-41-43-45-47-49-51-53-55-57-62(65)67-60-61(59-64)68-63(66)58-56-54-52-50-48-46-44-42-40-38-36-34-32-30-28-26-24-22-20-18-16-14-12-10-8-6-4-2/h6,8,12,14-15,17-18,20-21,23-24,26-27,29-30,32,36,38,61,64H,3-5,7,9-11,13,16,19,22,25,28,31,33-35,37,39-60H2,1-2H3/b8-6-,14-12-,17-15-,20-18-,23-21-,26-24-,29-27-,32-30-,38-36-. The van der Waals surface area contributed by atoms with E-state index >= 15 is 0 Å². The lowest BCUT2D eigenvalue weighted by Gasteiger charge is -2.15. The lowest BCUT2D eigenvalue weighted by molar-refractivity contribution is -0.161. The van der Waals surface area contributed by atoms with Crippen molar-refractivity contribution < 1.29 is 24.2 Å². The minimum absolute atomic E-state index is 0.0755. The van der Waals surface area contributed by atoms with Gasteiger partial charge in [0.1, 0.15) is 6.61 Å². The maximum absolute atomic E-state index is 12.3. The third-order valence-corrected chi connectivity index (χ3v) is 12.1.